The summed E-state index contributed by atoms with van der Waals surface area (Å²) in [5.41, 5.74) is 3.96. The lowest BCUT2D eigenvalue weighted by atomic mass is 9.91. The molecule has 2 aromatic rings. The smallest absolute Gasteiger partial charge is 0.337 e. The number of hydrogen-bond donors (Lipinski definition) is 0. The molecule has 3 heteroatoms. The second kappa shape index (κ2) is 6.80. The summed E-state index contributed by atoms with van der Waals surface area (Å²) in [6.07, 6.45) is 1.65. The third kappa shape index (κ3) is 3.51. The minimum Gasteiger partial charge on any atom is -0.465 e. The predicted octanol–water partition coefficient (Wildman–Crippen LogP) is 4.62. The number of carbonyl (C=O) groups is 1. The first kappa shape index (κ1) is 15.5. The number of methoxy groups -OCH3 is 1. The molecule has 3 nitrogen and oxygen atoms in total. The summed E-state index contributed by atoms with van der Waals surface area (Å²) in [6.45, 7) is 4.17. The first-order valence-corrected chi connectivity index (χ1v) is 7.72. The van der Waals surface area contributed by atoms with Gasteiger partial charge in [-0.2, -0.15) is 0 Å². The Kier molecular flexibility index (Phi) is 4.58. The fourth-order valence-corrected chi connectivity index (χ4v) is 2.91. The van der Waals surface area contributed by atoms with Gasteiger partial charge in [0.1, 0.15) is 0 Å². The fourth-order valence-electron chi connectivity index (χ4n) is 2.91. The third-order valence-corrected chi connectivity index (χ3v) is 4.15. The van der Waals surface area contributed by atoms with E-state index in [-0.39, 0.29) is 18.2 Å². The van der Waals surface area contributed by atoms with Gasteiger partial charge in [0.05, 0.1) is 24.9 Å². The maximum atomic E-state index is 11.5. The molecule has 1 aliphatic heterocycles. The van der Waals surface area contributed by atoms with Gasteiger partial charge in [-0.3, -0.25) is 0 Å². The van der Waals surface area contributed by atoms with Crippen molar-refractivity contribution in [2.75, 3.05) is 7.11 Å². The molecule has 0 aromatic heterocycles. The number of benzene rings is 2. The van der Waals surface area contributed by atoms with Crippen LogP contribution in [0.25, 0.3) is 0 Å². The van der Waals surface area contributed by atoms with Crippen LogP contribution in [0, 0.1) is 0 Å². The second-order valence-electron chi connectivity index (χ2n) is 5.80. The molecule has 118 valence electrons. The molecular formula is C20H20O3. The van der Waals surface area contributed by atoms with E-state index in [1.54, 1.807) is 12.1 Å². The van der Waals surface area contributed by atoms with Crippen molar-refractivity contribution in [1.82, 2.24) is 0 Å². The Morgan fingerprint density at radius 3 is 2.13 bits per heavy atom. The summed E-state index contributed by atoms with van der Waals surface area (Å²) in [5, 5.41) is 0. The van der Waals surface area contributed by atoms with Crippen molar-refractivity contribution in [2.45, 2.75) is 25.0 Å². The first-order chi connectivity index (χ1) is 11.2. The van der Waals surface area contributed by atoms with Gasteiger partial charge in [-0.05, 0) is 36.1 Å². The van der Waals surface area contributed by atoms with Crippen molar-refractivity contribution in [1.29, 1.82) is 0 Å². The Morgan fingerprint density at radius 1 is 1.00 bits per heavy atom. The average Bonchev–Trinajstić information content (AvgIpc) is 2.61. The monoisotopic (exact) mass is 308 g/mol. The quantitative estimate of drug-likeness (QED) is 0.613. The number of esters is 1. The maximum Gasteiger partial charge on any atom is 0.337 e. The van der Waals surface area contributed by atoms with E-state index in [1.165, 1.54) is 18.2 Å². The Balaban J connectivity index is 1.79. The molecule has 1 saturated heterocycles. The van der Waals surface area contributed by atoms with Crippen LogP contribution in [-0.2, 0) is 9.47 Å². The topological polar surface area (TPSA) is 35.5 Å². The summed E-state index contributed by atoms with van der Waals surface area (Å²) in [6, 6.07) is 17.6. The summed E-state index contributed by atoms with van der Waals surface area (Å²) in [7, 11) is 1.38. The largest absolute Gasteiger partial charge is 0.465 e. The zero-order chi connectivity index (χ0) is 16.2. The van der Waals surface area contributed by atoms with Crippen LogP contribution in [0.3, 0.4) is 0 Å². The molecule has 2 aromatic carbocycles. The molecular weight excluding hydrogens is 288 g/mol. The molecule has 0 amide bonds. The third-order valence-electron chi connectivity index (χ3n) is 4.15. The van der Waals surface area contributed by atoms with Crippen molar-refractivity contribution >= 4 is 5.97 Å². The minimum atomic E-state index is -0.326. The molecule has 1 heterocycles. The van der Waals surface area contributed by atoms with Gasteiger partial charge in [0.2, 0.25) is 0 Å². The molecule has 23 heavy (non-hydrogen) atoms. The van der Waals surface area contributed by atoms with E-state index in [0.29, 0.717) is 5.56 Å². The lowest BCUT2D eigenvalue weighted by Crippen LogP contribution is -2.18. The highest BCUT2D eigenvalue weighted by Crippen LogP contribution is 2.40. The summed E-state index contributed by atoms with van der Waals surface area (Å²) in [4.78, 5) is 11.5. The zero-order valence-corrected chi connectivity index (χ0v) is 13.2. The number of ether oxygens (including phenoxy) is 2. The van der Waals surface area contributed by atoms with Gasteiger partial charge in [0.15, 0.2) is 0 Å². The van der Waals surface area contributed by atoms with Gasteiger partial charge in [-0.1, -0.05) is 54.6 Å². The van der Waals surface area contributed by atoms with Crippen molar-refractivity contribution in [3.8, 4) is 0 Å². The van der Waals surface area contributed by atoms with E-state index >= 15 is 0 Å². The van der Waals surface area contributed by atoms with E-state index in [4.69, 9.17) is 9.47 Å². The van der Waals surface area contributed by atoms with Gasteiger partial charge in [-0.15, -0.1) is 0 Å². The van der Waals surface area contributed by atoms with E-state index in [2.05, 4.69) is 18.7 Å². The number of rotatable bonds is 3. The SMILES string of the molecule is C=C1C[C@@H](c2ccc(C(=O)OC)cc2)O[C@@H](c2ccccc2)C1. The van der Waals surface area contributed by atoms with Crippen LogP contribution >= 0.6 is 0 Å². The Bertz CT molecular complexity index is 689. The first-order valence-electron chi connectivity index (χ1n) is 7.72. The minimum absolute atomic E-state index is 0.0303. The van der Waals surface area contributed by atoms with Crippen LogP contribution in [0.15, 0.2) is 66.7 Å². The summed E-state index contributed by atoms with van der Waals surface area (Å²) >= 11 is 0. The van der Waals surface area contributed by atoms with Gasteiger partial charge >= 0.3 is 5.97 Å². The van der Waals surface area contributed by atoms with Gasteiger partial charge < -0.3 is 9.47 Å². The van der Waals surface area contributed by atoms with E-state index < -0.39 is 0 Å². The highest BCUT2D eigenvalue weighted by atomic mass is 16.5. The number of hydrogen-bond acceptors (Lipinski definition) is 3. The Hall–Kier alpha value is -2.39. The highest BCUT2D eigenvalue weighted by molar-refractivity contribution is 5.89. The Labute approximate surface area is 136 Å². The van der Waals surface area contributed by atoms with Crippen LogP contribution < -0.4 is 0 Å². The molecule has 0 spiro atoms. The van der Waals surface area contributed by atoms with E-state index in [0.717, 1.165) is 18.4 Å². The van der Waals surface area contributed by atoms with Crippen LogP contribution in [-0.4, -0.2) is 13.1 Å². The van der Waals surface area contributed by atoms with Crippen molar-refractivity contribution in [2.24, 2.45) is 0 Å². The summed E-state index contributed by atoms with van der Waals surface area (Å²) in [5.74, 6) is -0.326. The Morgan fingerprint density at radius 2 is 1.57 bits per heavy atom. The van der Waals surface area contributed by atoms with E-state index in [9.17, 15) is 4.79 Å². The summed E-state index contributed by atoms with van der Waals surface area (Å²) < 4.78 is 11.0. The molecule has 1 aliphatic rings. The molecule has 3 rings (SSSR count). The van der Waals surface area contributed by atoms with E-state index in [1.807, 2.05) is 30.3 Å². The number of carbonyl (C=O) groups excluding carboxylic acids is 1. The average molecular weight is 308 g/mol. The van der Waals surface area contributed by atoms with Crippen molar-refractivity contribution < 1.29 is 14.3 Å². The lowest BCUT2D eigenvalue weighted by molar-refractivity contribution is -0.0345. The molecule has 0 bridgehead atoms. The normalized spacial score (nSPS) is 21.0. The van der Waals surface area contributed by atoms with Crippen molar-refractivity contribution in [3.63, 3.8) is 0 Å². The van der Waals surface area contributed by atoms with Crippen LogP contribution in [0.1, 0.15) is 46.5 Å². The second-order valence-corrected chi connectivity index (χ2v) is 5.80. The van der Waals surface area contributed by atoms with Gasteiger partial charge in [-0.25, -0.2) is 4.79 Å². The maximum absolute atomic E-state index is 11.5. The molecule has 0 unspecified atom stereocenters. The molecule has 0 N–H and O–H groups in total. The zero-order valence-electron chi connectivity index (χ0n) is 13.2. The van der Waals surface area contributed by atoms with Crippen LogP contribution in [0.5, 0.6) is 0 Å². The standard InChI is InChI=1S/C20H20O3/c1-14-12-18(15-6-4-3-5-7-15)23-19(13-14)16-8-10-17(11-9-16)20(21)22-2/h3-11,18-19H,1,12-13H2,2H3/t18-,19+/m1/s1. The molecule has 0 radical (unpaired) electrons. The van der Waals surface area contributed by atoms with Gasteiger partial charge in [0, 0.05) is 0 Å². The fraction of sp³-hybridized carbons (Fsp3) is 0.250. The highest BCUT2D eigenvalue weighted by Gasteiger charge is 2.27. The molecule has 0 aliphatic carbocycles. The molecule has 1 fully saturated rings. The molecule has 0 saturated carbocycles. The van der Waals surface area contributed by atoms with Gasteiger partial charge in [0.25, 0.3) is 0 Å². The predicted molar refractivity (Wildman–Crippen MR) is 89.2 cm³/mol. The lowest BCUT2D eigenvalue weighted by Gasteiger charge is -2.32. The van der Waals surface area contributed by atoms with Crippen LogP contribution in [0.4, 0.5) is 0 Å². The van der Waals surface area contributed by atoms with Crippen LogP contribution in [0.2, 0.25) is 0 Å². The van der Waals surface area contributed by atoms with Crippen molar-refractivity contribution in [3.05, 3.63) is 83.4 Å². The molecule has 2 atom stereocenters.